The van der Waals surface area contributed by atoms with E-state index in [-0.39, 0.29) is 5.38 Å². The second kappa shape index (κ2) is 7.12. The highest BCUT2D eigenvalue weighted by Gasteiger charge is 2.08. The van der Waals surface area contributed by atoms with Gasteiger partial charge in [0.1, 0.15) is 0 Å². The Morgan fingerprint density at radius 1 is 1.21 bits per heavy atom. The third-order valence-electron chi connectivity index (χ3n) is 3.47. The van der Waals surface area contributed by atoms with Crippen LogP contribution >= 0.6 is 22.9 Å². The molecule has 1 heterocycles. The summed E-state index contributed by atoms with van der Waals surface area (Å²) in [7, 11) is 0. The summed E-state index contributed by atoms with van der Waals surface area (Å²) in [4.78, 5) is 1.47. The maximum atomic E-state index is 6.48. The van der Waals surface area contributed by atoms with Crippen LogP contribution in [0.25, 0.3) is 0 Å². The molecule has 2 heteroatoms. The van der Waals surface area contributed by atoms with Gasteiger partial charge in [0.2, 0.25) is 0 Å². The molecule has 1 aromatic heterocycles. The summed E-state index contributed by atoms with van der Waals surface area (Å²) in [5.41, 5.74) is 4.08. The molecule has 0 aliphatic carbocycles. The average molecular weight is 293 g/mol. The number of hydrogen-bond acceptors (Lipinski definition) is 1. The molecule has 0 N–H and O–H groups in total. The molecule has 0 bridgehead atoms. The zero-order valence-corrected chi connectivity index (χ0v) is 13.2. The normalized spacial score (nSPS) is 12.6. The van der Waals surface area contributed by atoms with Crippen molar-refractivity contribution in [2.45, 2.75) is 44.9 Å². The Hall–Kier alpha value is -0.790. The number of hydrogen-bond donors (Lipinski definition) is 0. The van der Waals surface area contributed by atoms with E-state index in [1.807, 2.05) is 11.3 Å². The molecule has 0 aliphatic heterocycles. The van der Waals surface area contributed by atoms with Crippen molar-refractivity contribution in [2.24, 2.45) is 0 Å². The standard InChI is InChI=1S/C17H21ClS/c1-13-8-9-14(2)15(11-13)12-16(18)5-3-6-17-7-4-10-19-17/h4,7-11,16H,3,5-6,12H2,1-2H3. The van der Waals surface area contributed by atoms with Crippen LogP contribution < -0.4 is 0 Å². The molecule has 0 nitrogen and oxygen atoms in total. The minimum Gasteiger partial charge on any atom is -0.149 e. The Labute approximate surface area is 125 Å². The second-order valence-corrected chi connectivity index (χ2v) is 6.85. The van der Waals surface area contributed by atoms with Crippen molar-refractivity contribution >= 4 is 22.9 Å². The van der Waals surface area contributed by atoms with E-state index in [1.165, 1.54) is 28.0 Å². The quantitative estimate of drug-likeness (QED) is 0.613. The van der Waals surface area contributed by atoms with Crippen molar-refractivity contribution in [3.8, 4) is 0 Å². The van der Waals surface area contributed by atoms with E-state index in [2.05, 4.69) is 49.6 Å². The molecule has 0 radical (unpaired) electrons. The van der Waals surface area contributed by atoms with Gasteiger partial charge in [-0.1, -0.05) is 29.8 Å². The minimum atomic E-state index is 0.250. The summed E-state index contributed by atoms with van der Waals surface area (Å²) < 4.78 is 0. The molecule has 102 valence electrons. The van der Waals surface area contributed by atoms with Crippen LogP contribution in [0.4, 0.5) is 0 Å². The van der Waals surface area contributed by atoms with Crippen molar-refractivity contribution in [3.05, 3.63) is 57.3 Å². The smallest absolute Gasteiger partial charge is 0.0376 e. The van der Waals surface area contributed by atoms with E-state index < -0.39 is 0 Å². The zero-order chi connectivity index (χ0) is 13.7. The number of thiophene rings is 1. The van der Waals surface area contributed by atoms with E-state index in [0.29, 0.717) is 0 Å². The predicted molar refractivity (Wildman–Crippen MR) is 86.5 cm³/mol. The maximum absolute atomic E-state index is 6.48. The Kier molecular flexibility index (Phi) is 5.47. The molecule has 2 rings (SSSR count). The topological polar surface area (TPSA) is 0 Å². The molecule has 0 saturated heterocycles. The third-order valence-corrected chi connectivity index (χ3v) is 4.78. The van der Waals surface area contributed by atoms with Gasteiger partial charge in [0.05, 0.1) is 0 Å². The number of halogens is 1. The van der Waals surface area contributed by atoms with Crippen LogP contribution in [0.15, 0.2) is 35.7 Å². The fraction of sp³-hybridized carbons (Fsp3) is 0.412. The van der Waals surface area contributed by atoms with Gasteiger partial charge in [0.25, 0.3) is 0 Å². The summed E-state index contributed by atoms with van der Waals surface area (Å²) >= 11 is 8.32. The van der Waals surface area contributed by atoms with Crippen molar-refractivity contribution in [1.29, 1.82) is 0 Å². The summed E-state index contributed by atoms with van der Waals surface area (Å²) in [6, 6.07) is 11.0. The third kappa shape index (κ3) is 4.67. The first-order valence-electron chi connectivity index (χ1n) is 6.88. The van der Waals surface area contributed by atoms with Crippen molar-refractivity contribution in [2.75, 3.05) is 0 Å². The first-order chi connectivity index (χ1) is 9.15. The fourth-order valence-electron chi connectivity index (χ4n) is 2.31. The van der Waals surface area contributed by atoms with E-state index in [1.54, 1.807) is 0 Å². The van der Waals surface area contributed by atoms with Crippen molar-refractivity contribution in [3.63, 3.8) is 0 Å². The summed E-state index contributed by atoms with van der Waals surface area (Å²) in [6.07, 6.45) is 4.42. The molecular weight excluding hydrogens is 272 g/mol. The minimum absolute atomic E-state index is 0.250. The molecule has 0 spiro atoms. The van der Waals surface area contributed by atoms with Gasteiger partial charge in [-0.25, -0.2) is 0 Å². The molecule has 1 atom stereocenters. The van der Waals surface area contributed by atoms with Gasteiger partial charge >= 0.3 is 0 Å². The van der Waals surface area contributed by atoms with Crippen LogP contribution in [0, 0.1) is 13.8 Å². The predicted octanol–water partition coefficient (Wildman–Crippen LogP) is 5.54. The van der Waals surface area contributed by atoms with Gasteiger partial charge in [-0.3, -0.25) is 0 Å². The SMILES string of the molecule is Cc1ccc(C)c(CC(Cl)CCCc2cccs2)c1. The van der Waals surface area contributed by atoms with Crippen molar-refractivity contribution in [1.82, 2.24) is 0 Å². The Morgan fingerprint density at radius 2 is 2.05 bits per heavy atom. The highest BCUT2D eigenvalue weighted by Crippen LogP contribution is 2.20. The molecule has 19 heavy (non-hydrogen) atoms. The largest absolute Gasteiger partial charge is 0.149 e. The number of aryl methyl sites for hydroxylation is 3. The van der Waals surface area contributed by atoms with Gasteiger partial charge in [-0.15, -0.1) is 22.9 Å². The van der Waals surface area contributed by atoms with Gasteiger partial charge in [0, 0.05) is 10.3 Å². The first kappa shape index (κ1) is 14.6. The van der Waals surface area contributed by atoms with Crippen LogP contribution in [-0.4, -0.2) is 5.38 Å². The van der Waals surface area contributed by atoms with Crippen LogP contribution in [0.1, 0.15) is 34.4 Å². The number of benzene rings is 1. The fourth-order valence-corrected chi connectivity index (χ4v) is 3.39. The van der Waals surface area contributed by atoms with Crippen LogP contribution in [0.5, 0.6) is 0 Å². The molecular formula is C17H21ClS. The Morgan fingerprint density at radius 3 is 2.79 bits per heavy atom. The molecule has 0 saturated carbocycles. The van der Waals surface area contributed by atoms with E-state index in [0.717, 1.165) is 19.3 Å². The molecule has 0 aliphatic rings. The van der Waals surface area contributed by atoms with E-state index >= 15 is 0 Å². The summed E-state index contributed by atoms with van der Waals surface area (Å²) in [5, 5.41) is 2.39. The number of alkyl halides is 1. The summed E-state index contributed by atoms with van der Waals surface area (Å²) in [5.74, 6) is 0. The average Bonchev–Trinajstić information content (AvgIpc) is 2.87. The van der Waals surface area contributed by atoms with E-state index in [4.69, 9.17) is 11.6 Å². The second-order valence-electron chi connectivity index (χ2n) is 5.20. The number of rotatable bonds is 6. The Balaban J connectivity index is 1.80. The van der Waals surface area contributed by atoms with E-state index in [9.17, 15) is 0 Å². The lowest BCUT2D eigenvalue weighted by Gasteiger charge is -2.12. The van der Waals surface area contributed by atoms with Crippen molar-refractivity contribution < 1.29 is 0 Å². The molecule has 0 fully saturated rings. The first-order valence-corrected chi connectivity index (χ1v) is 8.19. The highest BCUT2D eigenvalue weighted by atomic mass is 35.5. The lowest BCUT2D eigenvalue weighted by atomic mass is 9.99. The monoisotopic (exact) mass is 292 g/mol. The lowest BCUT2D eigenvalue weighted by Crippen LogP contribution is -2.05. The van der Waals surface area contributed by atoms with Gasteiger partial charge in [-0.2, -0.15) is 0 Å². The van der Waals surface area contributed by atoms with Crippen LogP contribution in [-0.2, 0) is 12.8 Å². The molecule has 2 aromatic rings. The van der Waals surface area contributed by atoms with Gasteiger partial charge in [0.15, 0.2) is 0 Å². The molecule has 0 amide bonds. The lowest BCUT2D eigenvalue weighted by molar-refractivity contribution is 0.688. The summed E-state index contributed by atoms with van der Waals surface area (Å²) in [6.45, 7) is 4.31. The van der Waals surface area contributed by atoms with Crippen LogP contribution in [0.2, 0.25) is 0 Å². The van der Waals surface area contributed by atoms with Crippen LogP contribution in [0.3, 0.4) is 0 Å². The molecule has 1 aromatic carbocycles. The van der Waals surface area contributed by atoms with Gasteiger partial charge < -0.3 is 0 Å². The Bertz CT molecular complexity index is 502. The zero-order valence-electron chi connectivity index (χ0n) is 11.7. The van der Waals surface area contributed by atoms with Gasteiger partial charge in [-0.05, 0) is 62.1 Å². The molecule has 1 unspecified atom stereocenters. The highest BCUT2D eigenvalue weighted by molar-refractivity contribution is 7.09. The maximum Gasteiger partial charge on any atom is 0.0376 e.